The van der Waals surface area contributed by atoms with Crippen LogP contribution in [0.15, 0.2) is 18.5 Å². The van der Waals surface area contributed by atoms with Crippen LogP contribution >= 0.6 is 0 Å². The highest BCUT2D eigenvalue weighted by Crippen LogP contribution is 2.34. The first-order chi connectivity index (χ1) is 9.69. The maximum Gasteiger partial charge on any atom is 0.120 e. The van der Waals surface area contributed by atoms with E-state index in [0.717, 1.165) is 22.7 Å². The molecule has 0 radical (unpaired) electrons. The third kappa shape index (κ3) is 3.41. The summed E-state index contributed by atoms with van der Waals surface area (Å²) in [5.41, 5.74) is 6.56. The van der Waals surface area contributed by atoms with E-state index >= 15 is 0 Å². The minimum Gasteiger partial charge on any atom is -0.488 e. The normalized spacial score (nSPS) is 11.6. The summed E-state index contributed by atoms with van der Waals surface area (Å²) in [6, 6.07) is 4.19. The van der Waals surface area contributed by atoms with Crippen molar-refractivity contribution in [3.05, 3.63) is 41.0 Å². The van der Waals surface area contributed by atoms with Crippen molar-refractivity contribution in [3.8, 4) is 16.9 Å². The molecule has 1 heterocycles. The van der Waals surface area contributed by atoms with Gasteiger partial charge in [-0.1, -0.05) is 0 Å². The second-order valence-electron chi connectivity index (χ2n) is 6.57. The van der Waals surface area contributed by atoms with Crippen LogP contribution in [0.4, 0.5) is 0 Å². The van der Waals surface area contributed by atoms with Crippen molar-refractivity contribution in [1.82, 2.24) is 9.97 Å². The zero-order valence-corrected chi connectivity index (χ0v) is 14.0. The molecule has 0 saturated heterocycles. The van der Waals surface area contributed by atoms with Gasteiger partial charge < -0.3 is 4.74 Å². The molecule has 112 valence electrons. The van der Waals surface area contributed by atoms with E-state index < -0.39 is 0 Å². The highest BCUT2D eigenvalue weighted by atomic mass is 16.5. The summed E-state index contributed by atoms with van der Waals surface area (Å²) in [6.45, 7) is 14.5. The van der Waals surface area contributed by atoms with Gasteiger partial charge in [-0.3, -0.25) is 0 Å². The number of rotatable bonds is 2. The molecule has 1 aromatic carbocycles. The monoisotopic (exact) mass is 284 g/mol. The van der Waals surface area contributed by atoms with Gasteiger partial charge in [0.2, 0.25) is 0 Å². The fraction of sp³-hybridized carbons (Fsp3) is 0.444. The van der Waals surface area contributed by atoms with Crippen LogP contribution in [0.2, 0.25) is 0 Å². The van der Waals surface area contributed by atoms with E-state index in [1.807, 2.05) is 13.8 Å². The zero-order valence-electron chi connectivity index (χ0n) is 14.0. The Morgan fingerprint density at radius 3 is 1.71 bits per heavy atom. The molecule has 0 aliphatic heterocycles. The number of nitrogens with zero attached hydrogens (tertiary/aromatic N) is 2. The molecule has 0 amide bonds. The molecule has 0 aliphatic rings. The van der Waals surface area contributed by atoms with Gasteiger partial charge in [-0.15, -0.1) is 0 Å². The molecule has 2 rings (SSSR count). The van der Waals surface area contributed by atoms with Gasteiger partial charge in [0.15, 0.2) is 0 Å². The zero-order chi connectivity index (χ0) is 15.8. The Bertz CT molecular complexity index is 626. The van der Waals surface area contributed by atoms with Crippen molar-refractivity contribution < 1.29 is 4.74 Å². The Labute approximate surface area is 127 Å². The molecule has 3 heteroatoms. The van der Waals surface area contributed by atoms with Crippen LogP contribution in [0.25, 0.3) is 11.1 Å². The Hall–Kier alpha value is -1.90. The van der Waals surface area contributed by atoms with E-state index in [4.69, 9.17) is 4.74 Å². The first-order valence-corrected chi connectivity index (χ1v) is 7.28. The number of hydrogen-bond donors (Lipinski definition) is 0. The molecule has 0 saturated carbocycles. The van der Waals surface area contributed by atoms with Gasteiger partial charge in [-0.25, -0.2) is 9.97 Å². The van der Waals surface area contributed by atoms with E-state index in [2.05, 4.69) is 56.7 Å². The topological polar surface area (TPSA) is 35.0 Å². The summed E-state index contributed by atoms with van der Waals surface area (Å²) in [4.78, 5) is 8.68. The summed E-state index contributed by atoms with van der Waals surface area (Å²) in [5.74, 6) is 0.911. The molecule has 1 aromatic heterocycles. The minimum atomic E-state index is -0.192. The Kier molecular flexibility index (Phi) is 4.04. The highest BCUT2D eigenvalue weighted by Gasteiger charge is 2.17. The first kappa shape index (κ1) is 15.5. The average molecular weight is 284 g/mol. The molecule has 0 atom stereocenters. The third-order valence-electron chi connectivity index (χ3n) is 3.41. The third-order valence-corrected chi connectivity index (χ3v) is 3.41. The second kappa shape index (κ2) is 5.47. The number of hydrogen-bond acceptors (Lipinski definition) is 3. The summed E-state index contributed by atoms with van der Waals surface area (Å²) < 4.78 is 5.98. The predicted octanol–water partition coefficient (Wildman–Crippen LogP) is 4.55. The van der Waals surface area contributed by atoms with E-state index in [-0.39, 0.29) is 5.60 Å². The fourth-order valence-corrected chi connectivity index (χ4v) is 2.69. The first-order valence-electron chi connectivity index (χ1n) is 7.28. The molecule has 0 unspecified atom stereocenters. The molecule has 0 aliphatic carbocycles. The van der Waals surface area contributed by atoms with Crippen molar-refractivity contribution >= 4 is 0 Å². The maximum absolute atomic E-state index is 5.98. The summed E-state index contributed by atoms with van der Waals surface area (Å²) >= 11 is 0. The Morgan fingerprint density at radius 2 is 1.29 bits per heavy atom. The fourth-order valence-electron chi connectivity index (χ4n) is 2.69. The maximum atomic E-state index is 5.98. The van der Waals surface area contributed by atoms with Gasteiger partial charge in [0.05, 0.1) is 0 Å². The lowest BCUT2D eigenvalue weighted by Gasteiger charge is -2.23. The van der Waals surface area contributed by atoms with Crippen molar-refractivity contribution in [2.75, 3.05) is 0 Å². The molecule has 0 spiro atoms. The van der Waals surface area contributed by atoms with Crippen molar-refractivity contribution in [2.45, 2.75) is 54.1 Å². The van der Waals surface area contributed by atoms with Crippen LogP contribution in [0.1, 0.15) is 43.3 Å². The summed E-state index contributed by atoms with van der Waals surface area (Å²) in [5, 5.41) is 0. The smallest absolute Gasteiger partial charge is 0.120 e. The summed E-state index contributed by atoms with van der Waals surface area (Å²) in [7, 11) is 0. The van der Waals surface area contributed by atoms with Crippen molar-refractivity contribution in [3.63, 3.8) is 0 Å². The minimum absolute atomic E-state index is 0.192. The van der Waals surface area contributed by atoms with Gasteiger partial charge in [0.25, 0.3) is 0 Å². The Balaban J connectivity index is 2.57. The van der Waals surface area contributed by atoms with Gasteiger partial charge in [-0.2, -0.15) is 0 Å². The molecule has 0 N–H and O–H groups in total. The molecule has 3 nitrogen and oxygen atoms in total. The van der Waals surface area contributed by atoms with Crippen LogP contribution < -0.4 is 4.74 Å². The number of benzene rings is 1. The van der Waals surface area contributed by atoms with Crippen LogP contribution in [0, 0.1) is 27.7 Å². The van der Waals surface area contributed by atoms with Crippen LogP contribution in [-0.2, 0) is 0 Å². The quantitative estimate of drug-likeness (QED) is 0.811. The molecule has 0 fully saturated rings. The average Bonchev–Trinajstić information content (AvgIpc) is 2.29. The second-order valence-corrected chi connectivity index (χ2v) is 6.57. The standard InChI is InChI=1S/C18H24N2O/c1-11-8-15(21-18(5,6)7)9-12(2)16(11)17-13(3)19-10-20-14(17)4/h8-10H,1-7H3. The molecular weight excluding hydrogens is 260 g/mol. The van der Waals surface area contributed by atoms with E-state index in [0.29, 0.717) is 0 Å². The van der Waals surface area contributed by atoms with Gasteiger partial charge in [0.1, 0.15) is 17.7 Å². The molecule has 21 heavy (non-hydrogen) atoms. The number of aryl methyl sites for hydroxylation is 4. The Morgan fingerprint density at radius 1 is 0.810 bits per heavy atom. The van der Waals surface area contributed by atoms with Gasteiger partial charge in [0, 0.05) is 17.0 Å². The lowest BCUT2D eigenvalue weighted by Crippen LogP contribution is -2.23. The predicted molar refractivity (Wildman–Crippen MR) is 86.8 cm³/mol. The van der Waals surface area contributed by atoms with Gasteiger partial charge >= 0.3 is 0 Å². The molecule has 0 bridgehead atoms. The van der Waals surface area contributed by atoms with Crippen molar-refractivity contribution in [1.29, 1.82) is 0 Å². The van der Waals surface area contributed by atoms with Crippen LogP contribution in [0.3, 0.4) is 0 Å². The van der Waals surface area contributed by atoms with E-state index in [1.54, 1.807) is 6.33 Å². The summed E-state index contributed by atoms with van der Waals surface area (Å²) in [6.07, 6.45) is 1.62. The van der Waals surface area contributed by atoms with Crippen LogP contribution in [0.5, 0.6) is 5.75 Å². The largest absolute Gasteiger partial charge is 0.488 e. The SMILES string of the molecule is Cc1cc(OC(C)(C)C)cc(C)c1-c1c(C)ncnc1C. The lowest BCUT2D eigenvalue weighted by molar-refractivity contribution is 0.131. The van der Waals surface area contributed by atoms with E-state index in [9.17, 15) is 0 Å². The number of aromatic nitrogens is 2. The van der Waals surface area contributed by atoms with Crippen molar-refractivity contribution in [2.24, 2.45) is 0 Å². The lowest BCUT2D eigenvalue weighted by atomic mass is 9.93. The van der Waals surface area contributed by atoms with Gasteiger partial charge in [-0.05, 0) is 77.3 Å². The highest BCUT2D eigenvalue weighted by molar-refractivity contribution is 5.75. The number of ether oxygens (including phenoxy) is 1. The van der Waals surface area contributed by atoms with Crippen LogP contribution in [-0.4, -0.2) is 15.6 Å². The molecule has 2 aromatic rings. The molecular formula is C18H24N2O. The van der Waals surface area contributed by atoms with E-state index in [1.165, 1.54) is 16.7 Å².